The molecule has 10 nitrogen and oxygen atoms in total. The summed E-state index contributed by atoms with van der Waals surface area (Å²) in [5.41, 5.74) is 3.18. The Morgan fingerprint density at radius 3 is 2.34 bits per heavy atom. The highest BCUT2D eigenvalue weighted by Crippen LogP contribution is 2.24. The molecule has 254 valence electrons. The number of anilines is 2. The second-order valence-electron chi connectivity index (χ2n) is 10.7. The van der Waals surface area contributed by atoms with Gasteiger partial charge in [0.1, 0.15) is 18.1 Å². The monoisotopic (exact) mass is 706 g/mol. The second-order valence-corrected chi connectivity index (χ2v) is 12.6. The first-order valence-corrected chi connectivity index (χ1v) is 17.5. The lowest BCUT2D eigenvalue weighted by Crippen LogP contribution is -2.30. The summed E-state index contributed by atoms with van der Waals surface area (Å²) in [5, 5.41) is 10.4. The molecular weight excluding hydrogens is 673 g/mol. The maximum Gasteiger partial charge on any atom is 0.311 e. The van der Waals surface area contributed by atoms with E-state index in [1.807, 2.05) is 36.4 Å². The van der Waals surface area contributed by atoms with Crippen LogP contribution in [0.5, 0.6) is 5.75 Å². The van der Waals surface area contributed by atoms with Crippen molar-refractivity contribution in [2.75, 3.05) is 23.0 Å². The van der Waals surface area contributed by atoms with Gasteiger partial charge in [0.2, 0.25) is 5.91 Å². The maximum atomic E-state index is 13.6. The Labute approximate surface area is 297 Å². The minimum absolute atomic E-state index is 0.0384. The van der Waals surface area contributed by atoms with Crippen LogP contribution in [0.25, 0.3) is 6.08 Å². The molecule has 0 saturated carbocycles. The van der Waals surface area contributed by atoms with E-state index in [9.17, 15) is 19.2 Å². The zero-order valence-corrected chi connectivity index (χ0v) is 28.7. The summed E-state index contributed by atoms with van der Waals surface area (Å²) in [6.07, 6.45) is 1.63. The van der Waals surface area contributed by atoms with Gasteiger partial charge in [-0.15, -0.1) is 23.1 Å². The van der Waals surface area contributed by atoms with Gasteiger partial charge in [0, 0.05) is 21.5 Å². The molecule has 3 N–H and O–H groups in total. The summed E-state index contributed by atoms with van der Waals surface area (Å²) in [5.74, 6) is -0.851. The Bertz CT molecular complexity index is 1950. The number of hydrogen-bond donors (Lipinski definition) is 3. The summed E-state index contributed by atoms with van der Waals surface area (Å²) in [7, 11) is 0. The molecular formula is C38H34N4O6S2. The van der Waals surface area contributed by atoms with Crippen molar-refractivity contribution in [3.8, 4) is 5.75 Å². The predicted molar refractivity (Wildman–Crippen MR) is 196 cm³/mol. The molecule has 12 heteroatoms. The van der Waals surface area contributed by atoms with Gasteiger partial charge in [-0.1, -0.05) is 66.7 Å². The molecule has 0 spiro atoms. The Hall–Kier alpha value is -5.72. The van der Waals surface area contributed by atoms with Crippen LogP contribution >= 0.6 is 23.1 Å². The number of aromatic nitrogens is 1. The number of amides is 3. The van der Waals surface area contributed by atoms with E-state index in [0.717, 1.165) is 10.5 Å². The summed E-state index contributed by atoms with van der Waals surface area (Å²) in [4.78, 5) is 55.9. The van der Waals surface area contributed by atoms with Crippen molar-refractivity contribution < 1.29 is 28.7 Å². The first kappa shape index (κ1) is 35.6. The number of hydrogen-bond acceptors (Lipinski definition) is 9. The third-order valence-corrected chi connectivity index (χ3v) is 8.66. The van der Waals surface area contributed by atoms with E-state index >= 15 is 0 Å². The molecule has 5 rings (SSSR count). The fourth-order valence-electron chi connectivity index (χ4n) is 4.48. The summed E-state index contributed by atoms with van der Waals surface area (Å²) < 4.78 is 10.8. The molecule has 0 unspecified atom stereocenters. The van der Waals surface area contributed by atoms with Crippen molar-refractivity contribution in [1.29, 1.82) is 0 Å². The summed E-state index contributed by atoms with van der Waals surface area (Å²) in [6, 6.07) is 32.7. The van der Waals surface area contributed by atoms with Gasteiger partial charge >= 0.3 is 5.97 Å². The van der Waals surface area contributed by atoms with E-state index in [2.05, 4.69) is 20.9 Å². The molecule has 0 fully saturated rings. The van der Waals surface area contributed by atoms with Crippen LogP contribution in [0, 0.1) is 0 Å². The molecule has 0 aliphatic carbocycles. The van der Waals surface area contributed by atoms with Crippen molar-refractivity contribution in [2.45, 2.75) is 24.8 Å². The smallest absolute Gasteiger partial charge is 0.311 e. The lowest BCUT2D eigenvalue weighted by atomic mass is 10.1. The van der Waals surface area contributed by atoms with Gasteiger partial charge in [-0.25, -0.2) is 4.98 Å². The van der Waals surface area contributed by atoms with Crippen LogP contribution in [-0.4, -0.2) is 41.0 Å². The first-order valence-electron chi connectivity index (χ1n) is 15.6. The van der Waals surface area contributed by atoms with Crippen molar-refractivity contribution in [2.24, 2.45) is 0 Å². The zero-order valence-electron chi connectivity index (χ0n) is 27.1. The molecule has 0 aliphatic heterocycles. The molecule has 0 saturated heterocycles. The predicted octanol–water partition coefficient (Wildman–Crippen LogP) is 6.97. The number of carbonyl (C=O) groups excluding carboxylic acids is 4. The number of thiazole rings is 1. The van der Waals surface area contributed by atoms with E-state index in [0.29, 0.717) is 40.0 Å². The van der Waals surface area contributed by atoms with Crippen molar-refractivity contribution in [3.05, 3.63) is 143 Å². The van der Waals surface area contributed by atoms with E-state index < -0.39 is 11.8 Å². The average Bonchev–Trinajstić information content (AvgIpc) is 3.57. The Morgan fingerprint density at radius 2 is 1.60 bits per heavy atom. The highest BCUT2D eigenvalue weighted by Gasteiger charge is 2.16. The van der Waals surface area contributed by atoms with Gasteiger partial charge in [0.15, 0.2) is 5.13 Å². The number of ether oxygens (including phenoxy) is 2. The molecule has 5 aromatic rings. The van der Waals surface area contributed by atoms with Crippen LogP contribution in [0.2, 0.25) is 0 Å². The number of benzene rings is 4. The standard InChI is InChI=1S/C38H34N4O6S2/c1-2-47-35(44)22-30-24-50-38(40-30)42-34(43)25-49-32-15-9-14-29(21-32)39-37(46)33(41-36(45)28-12-7-4-8-13-28)20-26-16-18-31(19-17-26)48-23-27-10-5-3-6-11-27/h3-21,24H,2,22-23,25H2,1H3,(H,39,46)(H,41,45)(H,40,42,43)/b33-20-. The Kier molecular flexibility index (Phi) is 12.9. The highest BCUT2D eigenvalue weighted by atomic mass is 32.2. The van der Waals surface area contributed by atoms with Gasteiger partial charge in [-0.05, 0) is 66.6 Å². The molecule has 0 aliphatic rings. The van der Waals surface area contributed by atoms with Crippen LogP contribution < -0.4 is 20.7 Å². The molecule has 1 aromatic heterocycles. The number of thioether (sulfide) groups is 1. The second kappa shape index (κ2) is 18.2. The largest absolute Gasteiger partial charge is 0.489 e. The quantitative estimate of drug-likeness (QED) is 0.0604. The molecule has 0 atom stereocenters. The maximum absolute atomic E-state index is 13.6. The molecule has 0 radical (unpaired) electrons. The number of esters is 1. The van der Waals surface area contributed by atoms with Crippen LogP contribution in [0.3, 0.4) is 0 Å². The van der Waals surface area contributed by atoms with Gasteiger partial charge in [0.05, 0.1) is 24.5 Å². The Morgan fingerprint density at radius 1 is 0.860 bits per heavy atom. The van der Waals surface area contributed by atoms with E-state index in [4.69, 9.17) is 9.47 Å². The topological polar surface area (TPSA) is 136 Å². The van der Waals surface area contributed by atoms with Gasteiger partial charge in [-0.3, -0.25) is 19.2 Å². The highest BCUT2D eigenvalue weighted by molar-refractivity contribution is 8.00. The number of carbonyl (C=O) groups is 4. The first-order chi connectivity index (χ1) is 24.3. The normalized spacial score (nSPS) is 10.9. The lowest BCUT2D eigenvalue weighted by molar-refractivity contribution is -0.142. The van der Waals surface area contributed by atoms with Crippen molar-refractivity contribution in [1.82, 2.24) is 10.3 Å². The molecule has 4 aromatic carbocycles. The van der Waals surface area contributed by atoms with Gasteiger partial charge < -0.3 is 25.4 Å². The minimum Gasteiger partial charge on any atom is -0.489 e. The molecule has 0 bridgehead atoms. The fourth-order valence-corrected chi connectivity index (χ4v) is 5.96. The van der Waals surface area contributed by atoms with Gasteiger partial charge in [-0.2, -0.15) is 0 Å². The molecule has 50 heavy (non-hydrogen) atoms. The lowest BCUT2D eigenvalue weighted by Gasteiger charge is -2.12. The van der Waals surface area contributed by atoms with Crippen molar-refractivity contribution >= 4 is 63.7 Å². The number of nitrogens with one attached hydrogen (secondary N) is 3. The van der Waals surface area contributed by atoms with Crippen LogP contribution in [0.1, 0.15) is 34.1 Å². The SMILES string of the molecule is CCOC(=O)Cc1csc(NC(=O)CSc2cccc(NC(=O)/C(=C/c3ccc(OCc4ccccc4)cc3)NC(=O)c3ccccc3)c2)n1. The van der Waals surface area contributed by atoms with Crippen LogP contribution in [0.4, 0.5) is 10.8 Å². The third-order valence-electron chi connectivity index (χ3n) is 6.86. The molecule has 1 heterocycles. The van der Waals surface area contributed by atoms with E-state index in [1.165, 1.54) is 23.1 Å². The van der Waals surface area contributed by atoms with Crippen LogP contribution in [0.15, 0.2) is 125 Å². The summed E-state index contributed by atoms with van der Waals surface area (Å²) in [6.45, 7) is 2.44. The van der Waals surface area contributed by atoms with Crippen LogP contribution in [-0.2, 0) is 32.1 Å². The zero-order chi connectivity index (χ0) is 35.1. The Balaban J connectivity index is 1.22. The minimum atomic E-state index is -0.527. The average molecular weight is 707 g/mol. The fraction of sp³-hybridized carbons (Fsp3) is 0.132. The van der Waals surface area contributed by atoms with Crippen molar-refractivity contribution in [3.63, 3.8) is 0 Å². The van der Waals surface area contributed by atoms with E-state index in [-0.39, 0.29) is 36.4 Å². The number of rotatable bonds is 15. The van der Waals surface area contributed by atoms with E-state index in [1.54, 1.807) is 91.2 Å². The third kappa shape index (κ3) is 11.2. The molecule has 3 amide bonds. The van der Waals surface area contributed by atoms with Gasteiger partial charge in [0.25, 0.3) is 11.8 Å². The number of nitrogens with zero attached hydrogens (tertiary/aromatic N) is 1. The summed E-state index contributed by atoms with van der Waals surface area (Å²) >= 11 is 2.51.